The van der Waals surface area contributed by atoms with Gasteiger partial charge in [0.25, 0.3) is 0 Å². The number of ether oxygens (including phenoxy) is 1. The number of amides is 1. The molecule has 0 aliphatic carbocycles. The van der Waals surface area contributed by atoms with Gasteiger partial charge in [0.15, 0.2) is 0 Å². The largest absolute Gasteiger partial charge is 0.489 e. The first-order chi connectivity index (χ1) is 13.4. The van der Waals surface area contributed by atoms with Gasteiger partial charge >= 0.3 is 0 Å². The summed E-state index contributed by atoms with van der Waals surface area (Å²) >= 11 is 0. The van der Waals surface area contributed by atoms with E-state index in [0.717, 1.165) is 16.9 Å². The van der Waals surface area contributed by atoms with E-state index >= 15 is 0 Å². The number of likely N-dealkylation sites (tertiary alicyclic amines) is 1. The molecule has 1 heterocycles. The molecule has 0 saturated carbocycles. The van der Waals surface area contributed by atoms with Crippen molar-refractivity contribution in [3.05, 3.63) is 65.7 Å². The van der Waals surface area contributed by atoms with E-state index in [1.54, 1.807) is 4.90 Å². The average Bonchev–Trinajstić information content (AvgIpc) is 2.71. The highest BCUT2D eigenvalue weighted by Crippen LogP contribution is 2.19. The first-order valence-corrected chi connectivity index (χ1v) is 11.6. The van der Waals surface area contributed by atoms with Crippen LogP contribution in [0.1, 0.15) is 30.4 Å². The lowest BCUT2D eigenvalue weighted by Gasteiger charge is -2.31. The van der Waals surface area contributed by atoms with Crippen LogP contribution in [0.5, 0.6) is 5.75 Å². The number of hydrogen-bond acceptors (Lipinski definition) is 4. The van der Waals surface area contributed by atoms with Crippen molar-refractivity contribution in [1.29, 1.82) is 0 Å². The second-order valence-corrected chi connectivity index (χ2v) is 9.65. The second-order valence-electron chi connectivity index (χ2n) is 7.33. The van der Waals surface area contributed by atoms with Crippen LogP contribution < -0.4 is 4.74 Å². The molecular weight excluding hydrogens is 374 g/mol. The van der Waals surface area contributed by atoms with Gasteiger partial charge in [-0.25, -0.2) is 8.42 Å². The molecule has 3 rings (SSSR count). The van der Waals surface area contributed by atoms with Crippen molar-refractivity contribution in [2.75, 3.05) is 19.3 Å². The Morgan fingerprint density at radius 1 is 1.00 bits per heavy atom. The molecule has 1 aliphatic heterocycles. The SMILES string of the molecule is CS(=O)(=O)C1CCN(C(=O)CCc2ccc(OCc3ccccc3)cc2)CC1. The minimum absolute atomic E-state index is 0.0938. The van der Waals surface area contributed by atoms with Gasteiger partial charge in [0.1, 0.15) is 22.2 Å². The van der Waals surface area contributed by atoms with Crippen molar-refractivity contribution in [2.24, 2.45) is 0 Å². The van der Waals surface area contributed by atoms with Crippen molar-refractivity contribution < 1.29 is 17.9 Å². The number of benzene rings is 2. The molecule has 5 nitrogen and oxygen atoms in total. The van der Waals surface area contributed by atoms with Crippen molar-refractivity contribution >= 4 is 15.7 Å². The lowest BCUT2D eigenvalue weighted by Crippen LogP contribution is -2.42. The van der Waals surface area contributed by atoms with Crippen LogP contribution in [0.4, 0.5) is 0 Å². The molecule has 1 fully saturated rings. The molecule has 2 aromatic rings. The van der Waals surface area contributed by atoms with E-state index in [0.29, 0.717) is 45.4 Å². The van der Waals surface area contributed by atoms with Gasteiger partial charge in [-0.15, -0.1) is 0 Å². The lowest BCUT2D eigenvalue weighted by molar-refractivity contribution is -0.132. The zero-order valence-corrected chi connectivity index (χ0v) is 17.0. The van der Waals surface area contributed by atoms with Crippen molar-refractivity contribution in [1.82, 2.24) is 4.90 Å². The highest BCUT2D eigenvalue weighted by Gasteiger charge is 2.28. The Bertz CT molecular complexity index is 871. The van der Waals surface area contributed by atoms with E-state index < -0.39 is 9.84 Å². The van der Waals surface area contributed by atoms with Gasteiger partial charge in [-0.05, 0) is 42.5 Å². The maximum Gasteiger partial charge on any atom is 0.222 e. The standard InChI is InChI=1S/C22H27NO4S/c1-28(25,26)21-13-15-23(16-14-21)22(24)12-9-18-7-10-20(11-8-18)27-17-19-5-3-2-4-6-19/h2-8,10-11,21H,9,12-17H2,1H3. The van der Waals surface area contributed by atoms with E-state index in [2.05, 4.69) is 0 Å². The van der Waals surface area contributed by atoms with Crippen LogP contribution in [-0.2, 0) is 27.7 Å². The molecule has 1 saturated heterocycles. The van der Waals surface area contributed by atoms with Gasteiger partial charge in [0, 0.05) is 25.8 Å². The normalized spacial score (nSPS) is 15.4. The number of nitrogens with zero attached hydrogens (tertiary/aromatic N) is 1. The van der Waals surface area contributed by atoms with Crippen LogP contribution in [0.3, 0.4) is 0 Å². The smallest absolute Gasteiger partial charge is 0.222 e. The van der Waals surface area contributed by atoms with Gasteiger partial charge in [-0.1, -0.05) is 42.5 Å². The molecule has 6 heteroatoms. The number of rotatable bonds is 7. The monoisotopic (exact) mass is 401 g/mol. The fourth-order valence-electron chi connectivity index (χ4n) is 3.44. The van der Waals surface area contributed by atoms with E-state index in [4.69, 9.17) is 4.74 Å². The number of carbonyl (C=O) groups excluding carboxylic acids is 1. The van der Waals surface area contributed by atoms with Gasteiger partial charge in [0.2, 0.25) is 5.91 Å². The molecule has 1 aliphatic rings. The number of hydrogen-bond donors (Lipinski definition) is 0. The lowest BCUT2D eigenvalue weighted by atomic mass is 10.1. The number of carbonyl (C=O) groups is 1. The highest BCUT2D eigenvalue weighted by atomic mass is 32.2. The molecule has 0 radical (unpaired) electrons. The molecule has 0 unspecified atom stereocenters. The molecule has 0 spiro atoms. The van der Waals surface area contributed by atoms with E-state index in [1.807, 2.05) is 54.6 Å². The average molecular weight is 402 g/mol. The third-order valence-electron chi connectivity index (χ3n) is 5.20. The van der Waals surface area contributed by atoms with Gasteiger partial charge < -0.3 is 9.64 Å². The van der Waals surface area contributed by atoms with Crippen molar-refractivity contribution in [2.45, 2.75) is 37.5 Å². The first kappa shape index (κ1) is 20.4. The third kappa shape index (κ3) is 5.83. The number of sulfone groups is 1. The molecule has 0 N–H and O–H groups in total. The fraction of sp³-hybridized carbons (Fsp3) is 0.409. The molecule has 0 atom stereocenters. The first-order valence-electron chi connectivity index (χ1n) is 9.64. The zero-order valence-electron chi connectivity index (χ0n) is 16.2. The molecular formula is C22H27NO4S. The van der Waals surface area contributed by atoms with Crippen molar-refractivity contribution in [3.8, 4) is 5.75 Å². The molecule has 2 aromatic carbocycles. The Morgan fingerprint density at radius 2 is 1.64 bits per heavy atom. The van der Waals surface area contributed by atoms with Gasteiger partial charge in [0.05, 0.1) is 5.25 Å². The van der Waals surface area contributed by atoms with Crippen LogP contribution in [0, 0.1) is 0 Å². The Balaban J connectivity index is 1.43. The van der Waals surface area contributed by atoms with Gasteiger partial charge in [-0.3, -0.25) is 4.79 Å². The Morgan fingerprint density at radius 3 is 2.25 bits per heavy atom. The van der Waals surface area contributed by atoms with Crippen molar-refractivity contribution in [3.63, 3.8) is 0 Å². The van der Waals surface area contributed by atoms with E-state index in [-0.39, 0.29) is 11.2 Å². The van der Waals surface area contributed by atoms with Crippen LogP contribution in [0.25, 0.3) is 0 Å². The second kappa shape index (κ2) is 9.24. The summed E-state index contributed by atoms with van der Waals surface area (Å²) in [5.41, 5.74) is 2.21. The number of aryl methyl sites for hydroxylation is 1. The summed E-state index contributed by atoms with van der Waals surface area (Å²) in [7, 11) is -3.01. The molecule has 150 valence electrons. The summed E-state index contributed by atoms with van der Waals surface area (Å²) in [4.78, 5) is 14.2. The van der Waals surface area contributed by atoms with E-state index in [9.17, 15) is 13.2 Å². The predicted octanol–water partition coefficient (Wildman–Crippen LogP) is 3.23. The highest BCUT2D eigenvalue weighted by molar-refractivity contribution is 7.91. The summed E-state index contributed by atoms with van der Waals surface area (Å²) in [6.45, 7) is 1.59. The third-order valence-corrected chi connectivity index (χ3v) is 6.88. The maximum absolute atomic E-state index is 12.4. The van der Waals surface area contributed by atoms with Crippen LogP contribution >= 0.6 is 0 Å². The Labute approximate surface area is 167 Å². The zero-order chi connectivity index (χ0) is 20.0. The predicted molar refractivity (Wildman–Crippen MR) is 110 cm³/mol. The molecule has 28 heavy (non-hydrogen) atoms. The molecule has 1 amide bonds. The quantitative estimate of drug-likeness (QED) is 0.715. The maximum atomic E-state index is 12.4. The fourth-order valence-corrected chi connectivity index (χ4v) is 4.50. The van der Waals surface area contributed by atoms with Crippen LogP contribution in [0.2, 0.25) is 0 Å². The summed E-state index contributed by atoms with van der Waals surface area (Å²) in [6, 6.07) is 17.9. The Hall–Kier alpha value is -2.34. The topological polar surface area (TPSA) is 63.7 Å². The minimum Gasteiger partial charge on any atom is -0.489 e. The molecule has 0 aromatic heterocycles. The minimum atomic E-state index is -3.01. The van der Waals surface area contributed by atoms with E-state index in [1.165, 1.54) is 6.26 Å². The summed E-state index contributed by atoms with van der Waals surface area (Å²) < 4.78 is 29.0. The van der Waals surface area contributed by atoms with Crippen LogP contribution in [0.15, 0.2) is 54.6 Å². The number of piperidine rings is 1. The summed E-state index contributed by atoms with van der Waals surface area (Å²) in [5, 5.41) is -0.306. The summed E-state index contributed by atoms with van der Waals surface area (Å²) in [6.07, 6.45) is 3.47. The summed E-state index contributed by atoms with van der Waals surface area (Å²) in [5.74, 6) is 0.901. The molecule has 0 bridgehead atoms. The Kier molecular flexibility index (Phi) is 6.73. The van der Waals surface area contributed by atoms with Crippen LogP contribution in [-0.4, -0.2) is 43.8 Å². The van der Waals surface area contributed by atoms with Gasteiger partial charge in [-0.2, -0.15) is 0 Å².